The number of hydrogen-bond donors (Lipinski definition) is 0. The van der Waals surface area contributed by atoms with Crippen LogP contribution in [0.15, 0.2) is 27.8 Å². The van der Waals surface area contributed by atoms with Gasteiger partial charge in [0.25, 0.3) is 0 Å². The van der Waals surface area contributed by atoms with Crippen LogP contribution in [0.4, 0.5) is 0 Å². The molecule has 0 saturated carbocycles. The Morgan fingerprint density at radius 1 is 1.46 bits per heavy atom. The van der Waals surface area contributed by atoms with E-state index in [0.29, 0.717) is 0 Å². The van der Waals surface area contributed by atoms with Crippen LogP contribution in [0, 0.1) is 0 Å². The van der Waals surface area contributed by atoms with Gasteiger partial charge >= 0.3 is 0 Å². The average molecular weight is 243 g/mol. The maximum absolute atomic E-state index is 4.40. The third kappa shape index (κ3) is 2.99. The van der Waals surface area contributed by atoms with Crippen molar-refractivity contribution in [1.29, 1.82) is 0 Å². The predicted molar refractivity (Wildman–Crippen MR) is 61.1 cm³/mol. The first-order chi connectivity index (χ1) is 6.27. The molecule has 0 radical (unpaired) electrons. The minimum Gasteiger partial charge on any atom is -0.360 e. The summed E-state index contributed by atoms with van der Waals surface area (Å²) in [7, 11) is 0. The molecule has 13 heavy (non-hydrogen) atoms. The Hall–Kier alpha value is -0.570. The molecule has 3 heteroatoms. The van der Waals surface area contributed by atoms with Crippen molar-refractivity contribution in [2.45, 2.75) is 20.3 Å². The molecule has 0 amide bonds. The van der Waals surface area contributed by atoms with Gasteiger partial charge in [-0.15, -0.1) is 0 Å². The number of nitrogens with zero attached hydrogens (tertiary/aromatic N) is 2. The number of hydrogen-bond acceptors (Lipinski definition) is 2. The minimum absolute atomic E-state index is 0.912. The van der Waals surface area contributed by atoms with Gasteiger partial charge in [-0.3, -0.25) is 0 Å². The van der Waals surface area contributed by atoms with Crippen molar-refractivity contribution in [2.24, 2.45) is 4.99 Å². The second-order valence-corrected chi connectivity index (χ2v) is 3.74. The summed E-state index contributed by atoms with van der Waals surface area (Å²) in [5.74, 6) is 1.15. The first kappa shape index (κ1) is 10.5. The quantitative estimate of drug-likeness (QED) is 0.728. The van der Waals surface area contributed by atoms with Crippen molar-refractivity contribution in [3.63, 3.8) is 0 Å². The normalized spacial score (nSPS) is 16.2. The number of allylic oxidation sites excluding steroid dienone is 2. The van der Waals surface area contributed by atoms with E-state index in [2.05, 4.69) is 45.7 Å². The zero-order valence-corrected chi connectivity index (χ0v) is 9.71. The summed E-state index contributed by atoms with van der Waals surface area (Å²) in [6.45, 7) is 6.35. The fourth-order valence-electron chi connectivity index (χ4n) is 1.30. The van der Waals surface area contributed by atoms with Gasteiger partial charge in [0.2, 0.25) is 0 Å². The molecule has 0 spiro atoms. The Morgan fingerprint density at radius 2 is 2.15 bits per heavy atom. The molecule has 0 aromatic rings. The van der Waals surface area contributed by atoms with Gasteiger partial charge in [-0.2, -0.15) is 0 Å². The van der Waals surface area contributed by atoms with Crippen molar-refractivity contribution in [2.75, 3.05) is 13.1 Å². The Kier molecular flexibility index (Phi) is 4.22. The standard InChI is InChI=1S/C10H15BrN2/c1-3-13(4-2)10-6-5-9(11)7-8-12-10/h5,7-8H,3-4,6H2,1-2H3. The fraction of sp³-hybridized carbons (Fsp3) is 0.500. The molecule has 1 aliphatic rings. The zero-order chi connectivity index (χ0) is 9.68. The molecule has 0 fully saturated rings. The molecule has 1 aliphatic heterocycles. The summed E-state index contributed by atoms with van der Waals surface area (Å²) in [5, 5.41) is 0. The van der Waals surface area contributed by atoms with Crippen LogP contribution in [0.5, 0.6) is 0 Å². The monoisotopic (exact) mass is 242 g/mol. The van der Waals surface area contributed by atoms with Crippen LogP contribution in [-0.2, 0) is 0 Å². The zero-order valence-electron chi connectivity index (χ0n) is 8.13. The van der Waals surface area contributed by atoms with Gasteiger partial charge in [0.05, 0.1) is 0 Å². The Bertz CT molecular complexity index is 247. The van der Waals surface area contributed by atoms with Crippen LogP contribution in [0.1, 0.15) is 20.3 Å². The lowest BCUT2D eigenvalue weighted by Gasteiger charge is -2.21. The maximum Gasteiger partial charge on any atom is 0.108 e. The van der Waals surface area contributed by atoms with Crippen LogP contribution in [0.3, 0.4) is 0 Å². The van der Waals surface area contributed by atoms with E-state index in [1.165, 1.54) is 0 Å². The lowest BCUT2D eigenvalue weighted by Crippen LogP contribution is -2.29. The summed E-state index contributed by atoms with van der Waals surface area (Å²) in [6.07, 6.45) is 6.87. The number of aliphatic imine (C=N–C) groups is 1. The minimum atomic E-state index is 0.912. The van der Waals surface area contributed by atoms with Crippen LogP contribution in [0.2, 0.25) is 0 Å². The van der Waals surface area contributed by atoms with E-state index in [4.69, 9.17) is 0 Å². The van der Waals surface area contributed by atoms with Gasteiger partial charge in [0.1, 0.15) is 5.84 Å². The third-order valence-electron chi connectivity index (χ3n) is 2.07. The summed E-state index contributed by atoms with van der Waals surface area (Å²) < 4.78 is 1.11. The second-order valence-electron chi connectivity index (χ2n) is 2.83. The highest BCUT2D eigenvalue weighted by atomic mass is 79.9. The first-order valence-corrected chi connectivity index (χ1v) is 5.41. The molecule has 0 aromatic carbocycles. The molecular weight excluding hydrogens is 228 g/mol. The Labute approximate surface area is 88.2 Å². The first-order valence-electron chi connectivity index (χ1n) is 4.61. The van der Waals surface area contributed by atoms with Crippen LogP contribution >= 0.6 is 15.9 Å². The van der Waals surface area contributed by atoms with Gasteiger partial charge in [-0.1, -0.05) is 22.0 Å². The number of halogens is 1. The molecular formula is C10H15BrN2. The number of amidine groups is 1. The molecule has 0 N–H and O–H groups in total. The summed E-state index contributed by atoms with van der Waals surface area (Å²) >= 11 is 3.44. The van der Waals surface area contributed by atoms with Gasteiger partial charge in [0.15, 0.2) is 0 Å². The summed E-state index contributed by atoms with van der Waals surface area (Å²) in [6, 6.07) is 0. The van der Waals surface area contributed by atoms with Crippen molar-refractivity contribution in [3.05, 3.63) is 22.8 Å². The molecule has 1 rings (SSSR count). The van der Waals surface area contributed by atoms with Crippen molar-refractivity contribution in [1.82, 2.24) is 4.90 Å². The van der Waals surface area contributed by atoms with E-state index < -0.39 is 0 Å². The van der Waals surface area contributed by atoms with Crippen LogP contribution in [-0.4, -0.2) is 23.8 Å². The number of rotatable bonds is 2. The lowest BCUT2D eigenvalue weighted by molar-refractivity contribution is 0.459. The molecule has 0 aromatic heterocycles. The van der Waals surface area contributed by atoms with Gasteiger partial charge in [-0.25, -0.2) is 4.99 Å². The van der Waals surface area contributed by atoms with E-state index in [0.717, 1.165) is 29.8 Å². The molecule has 0 unspecified atom stereocenters. The fourth-order valence-corrected chi connectivity index (χ4v) is 1.58. The molecule has 2 nitrogen and oxygen atoms in total. The van der Waals surface area contributed by atoms with Crippen LogP contribution < -0.4 is 0 Å². The van der Waals surface area contributed by atoms with E-state index in [-0.39, 0.29) is 0 Å². The Morgan fingerprint density at radius 3 is 2.77 bits per heavy atom. The summed E-state index contributed by atoms with van der Waals surface area (Å²) in [5.41, 5.74) is 0. The van der Waals surface area contributed by atoms with Gasteiger partial charge in [-0.05, 0) is 19.9 Å². The second kappa shape index (κ2) is 5.22. The maximum atomic E-state index is 4.40. The van der Waals surface area contributed by atoms with Crippen molar-refractivity contribution < 1.29 is 0 Å². The van der Waals surface area contributed by atoms with Gasteiger partial charge in [0, 0.05) is 30.2 Å². The van der Waals surface area contributed by atoms with E-state index >= 15 is 0 Å². The van der Waals surface area contributed by atoms with E-state index in [9.17, 15) is 0 Å². The smallest absolute Gasteiger partial charge is 0.108 e. The van der Waals surface area contributed by atoms with Gasteiger partial charge < -0.3 is 4.90 Å². The largest absolute Gasteiger partial charge is 0.360 e. The van der Waals surface area contributed by atoms with Crippen molar-refractivity contribution in [3.8, 4) is 0 Å². The highest BCUT2D eigenvalue weighted by molar-refractivity contribution is 9.11. The third-order valence-corrected chi connectivity index (χ3v) is 2.65. The average Bonchev–Trinajstić information content (AvgIpc) is 2.34. The lowest BCUT2D eigenvalue weighted by atomic mass is 10.3. The topological polar surface area (TPSA) is 15.6 Å². The van der Waals surface area contributed by atoms with E-state index in [1.807, 2.05) is 12.3 Å². The highest BCUT2D eigenvalue weighted by Crippen LogP contribution is 2.13. The molecule has 1 heterocycles. The van der Waals surface area contributed by atoms with E-state index in [1.54, 1.807) is 0 Å². The Balaban J connectivity index is 2.71. The SMILES string of the molecule is CCN(CC)C1=NC=CC(Br)=CC1. The van der Waals surface area contributed by atoms with Crippen LogP contribution in [0.25, 0.3) is 0 Å². The van der Waals surface area contributed by atoms with Crippen molar-refractivity contribution >= 4 is 21.8 Å². The predicted octanol–water partition coefficient (Wildman–Crippen LogP) is 2.92. The molecule has 72 valence electrons. The molecule has 0 atom stereocenters. The molecule has 0 saturated heterocycles. The highest BCUT2D eigenvalue weighted by Gasteiger charge is 2.06. The summed E-state index contributed by atoms with van der Waals surface area (Å²) in [4.78, 5) is 6.67. The molecule has 0 bridgehead atoms. The molecule has 0 aliphatic carbocycles.